The molecule has 0 aliphatic carbocycles. The van der Waals surface area contributed by atoms with E-state index in [0.717, 1.165) is 29.3 Å². The molecule has 0 spiro atoms. The number of thiazole rings is 1. The van der Waals surface area contributed by atoms with Crippen molar-refractivity contribution >= 4 is 17.2 Å². The Kier molecular flexibility index (Phi) is 4.81. The first-order valence-corrected chi connectivity index (χ1v) is 8.10. The molecule has 2 heterocycles. The Morgan fingerprint density at radius 2 is 2.30 bits per heavy atom. The van der Waals surface area contributed by atoms with E-state index in [1.807, 2.05) is 11.8 Å². The number of carbonyl (C=O) groups is 1. The highest BCUT2D eigenvalue weighted by Crippen LogP contribution is 2.28. The average Bonchev–Trinajstić information content (AvgIpc) is 2.88. The zero-order valence-corrected chi connectivity index (χ0v) is 13.6. The molecule has 0 bridgehead atoms. The Morgan fingerprint density at radius 3 is 2.90 bits per heavy atom. The third kappa shape index (κ3) is 3.58. The molecule has 4 nitrogen and oxygen atoms in total. The molecule has 112 valence electrons. The summed E-state index contributed by atoms with van der Waals surface area (Å²) in [7, 11) is 0. The van der Waals surface area contributed by atoms with Gasteiger partial charge in [-0.25, -0.2) is 4.98 Å². The SMILES string of the molecule is CCOC1CCCN(C(=O)c2cnc(C(C)(C)C)s2)C1. The molecule has 1 saturated heterocycles. The summed E-state index contributed by atoms with van der Waals surface area (Å²) < 4.78 is 5.65. The van der Waals surface area contributed by atoms with Crippen molar-refractivity contribution in [3.63, 3.8) is 0 Å². The lowest BCUT2D eigenvalue weighted by molar-refractivity contribution is 0.00741. The summed E-state index contributed by atoms with van der Waals surface area (Å²) >= 11 is 1.51. The molecule has 5 heteroatoms. The number of amides is 1. The van der Waals surface area contributed by atoms with E-state index in [4.69, 9.17) is 4.74 Å². The second-order valence-corrected chi connectivity index (χ2v) is 7.28. The van der Waals surface area contributed by atoms with E-state index in [0.29, 0.717) is 13.2 Å². The van der Waals surface area contributed by atoms with E-state index in [9.17, 15) is 4.79 Å². The fourth-order valence-corrected chi connectivity index (χ4v) is 3.31. The Hall–Kier alpha value is -0.940. The van der Waals surface area contributed by atoms with Crippen LogP contribution in [0.2, 0.25) is 0 Å². The minimum absolute atomic E-state index is 0.00104. The molecule has 20 heavy (non-hydrogen) atoms. The normalized spacial score (nSPS) is 20.2. The van der Waals surface area contributed by atoms with Crippen molar-refractivity contribution in [1.82, 2.24) is 9.88 Å². The quantitative estimate of drug-likeness (QED) is 0.861. The summed E-state index contributed by atoms with van der Waals surface area (Å²) in [6.07, 6.45) is 3.97. The summed E-state index contributed by atoms with van der Waals surface area (Å²) in [6.45, 7) is 10.6. The molecule has 0 saturated carbocycles. The van der Waals surface area contributed by atoms with Gasteiger partial charge in [-0.05, 0) is 19.8 Å². The highest BCUT2D eigenvalue weighted by Gasteiger charge is 2.27. The topological polar surface area (TPSA) is 42.4 Å². The minimum atomic E-state index is -0.00104. The fourth-order valence-electron chi connectivity index (χ4n) is 2.37. The number of piperidine rings is 1. The van der Waals surface area contributed by atoms with Crippen LogP contribution in [-0.2, 0) is 10.2 Å². The van der Waals surface area contributed by atoms with Crippen LogP contribution in [0, 0.1) is 0 Å². The van der Waals surface area contributed by atoms with Gasteiger partial charge in [0.15, 0.2) is 0 Å². The van der Waals surface area contributed by atoms with Gasteiger partial charge in [0.2, 0.25) is 0 Å². The number of rotatable bonds is 3. The molecule has 1 aliphatic heterocycles. The first kappa shape index (κ1) is 15.4. The van der Waals surface area contributed by atoms with Crippen molar-refractivity contribution in [2.45, 2.75) is 52.1 Å². The van der Waals surface area contributed by atoms with Crippen LogP contribution in [-0.4, -0.2) is 41.6 Å². The van der Waals surface area contributed by atoms with Crippen LogP contribution in [0.5, 0.6) is 0 Å². The Bertz CT molecular complexity index is 463. The number of aromatic nitrogens is 1. The third-order valence-electron chi connectivity index (χ3n) is 3.43. The second-order valence-electron chi connectivity index (χ2n) is 6.25. The van der Waals surface area contributed by atoms with Gasteiger partial charge in [0.1, 0.15) is 4.88 Å². The number of hydrogen-bond acceptors (Lipinski definition) is 4. The second kappa shape index (κ2) is 6.22. The number of likely N-dealkylation sites (tertiary alicyclic amines) is 1. The maximum atomic E-state index is 12.5. The lowest BCUT2D eigenvalue weighted by Gasteiger charge is -2.32. The van der Waals surface area contributed by atoms with E-state index in [1.54, 1.807) is 6.20 Å². The molecule has 0 N–H and O–H groups in total. The lowest BCUT2D eigenvalue weighted by atomic mass is 9.98. The zero-order valence-electron chi connectivity index (χ0n) is 12.8. The molecule has 1 unspecified atom stereocenters. The maximum Gasteiger partial charge on any atom is 0.265 e. The predicted octanol–water partition coefficient (Wildman–Crippen LogP) is 3.08. The van der Waals surface area contributed by atoms with E-state index in [1.165, 1.54) is 11.3 Å². The molecule has 1 fully saturated rings. The highest BCUT2D eigenvalue weighted by atomic mass is 32.1. The molecule has 1 amide bonds. The predicted molar refractivity (Wildman–Crippen MR) is 81.4 cm³/mol. The summed E-state index contributed by atoms with van der Waals surface area (Å²) in [4.78, 5) is 19.6. The Morgan fingerprint density at radius 1 is 1.55 bits per heavy atom. The molecular weight excluding hydrogens is 272 g/mol. The standard InChI is InChI=1S/C15H24N2O2S/c1-5-19-11-7-6-8-17(10-11)13(18)12-9-16-14(20-12)15(2,3)4/h9,11H,5-8,10H2,1-4H3. The van der Waals surface area contributed by atoms with Crippen LogP contribution >= 0.6 is 11.3 Å². The van der Waals surface area contributed by atoms with Gasteiger partial charge in [0, 0.05) is 25.1 Å². The van der Waals surface area contributed by atoms with Crippen LogP contribution in [0.25, 0.3) is 0 Å². The number of carbonyl (C=O) groups excluding carboxylic acids is 1. The van der Waals surface area contributed by atoms with E-state index in [2.05, 4.69) is 25.8 Å². The van der Waals surface area contributed by atoms with Gasteiger partial charge in [0.05, 0.1) is 17.3 Å². The lowest BCUT2D eigenvalue weighted by Crippen LogP contribution is -2.43. The van der Waals surface area contributed by atoms with Crippen molar-refractivity contribution in [1.29, 1.82) is 0 Å². The van der Waals surface area contributed by atoms with E-state index < -0.39 is 0 Å². The molecular formula is C15H24N2O2S. The van der Waals surface area contributed by atoms with Gasteiger partial charge in [-0.2, -0.15) is 0 Å². The molecule has 1 atom stereocenters. The van der Waals surface area contributed by atoms with Crippen molar-refractivity contribution in [2.75, 3.05) is 19.7 Å². The van der Waals surface area contributed by atoms with Crippen LogP contribution in [0.1, 0.15) is 55.2 Å². The van der Waals surface area contributed by atoms with Crippen molar-refractivity contribution in [2.24, 2.45) is 0 Å². The first-order chi connectivity index (χ1) is 9.41. The van der Waals surface area contributed by atoms with Crippen LogP contribution in [0.3, 0.4) is 0 Å². The number of ether oxygens (including phenoxy) is 1. The van der Waals surface area contributed by atoms with E-state index >= 15 is 0 Å². The van der Waals surface area contributed by atoms with Crippen LogP contribution < -0.4 is 0 Å². The van der Waals surface area contributed by atoms with Gasteiger partial charge < -0.3 is 9.64 Å². The Labute approximate surface area is 125 Å². The molecule has 0 radical (unpaired) electrons. The van der Waals surface area contributed by atoms with Crippen molar-refractivity contribution < 1.29 is 9.53 Å². The summed E-state index contributed by atoms with van der Waals surface area (Å²) in [5.41, 5.74) is -0.00104. The molecule has 1 aromatic heterocycles. The smallest absolute Gasteiger partial charge is 0.265 e. The number of nitrogens with zero attached hydrogens (tertiary/aromatic N) is 2. The minimum Gasteiger partial charge on any atom is -0.377 e. The van der Waals surface area contributed by atoms with Crippen LogP contribution in [0.15, 0.2) is 6.20 Å². The summed E-state index contributed by atoms with van der Waals surface area (Å²) in [5.74, 6) is 0.0994. The first-order valence-electron chi connectivity index (χ1n) is 7.29. The summed E-state index contributed by atoms with van der Waals surface area (Å²) in [5, 5.41) is 1.01. The summed E-state index contributed by atoms with van der Waals surface area (Å²) in [6, 6.07) is 0. The Balaban J connectivity index is 2.05. The third-order valence-corrected chi connectivity index (χ3v) is 4.84. The fraction of sp³-hybridized carbons (Fsp3) is 0.733. The largest absolute Gasteiger partial charge is 0.377 e. The van der Waals surface area contributed by atoms with E-state index in [-0.39, 0.29) is 17.4 Å². The maximum absolute atomic E-state index is 12.5. The molecule has 0 aromatic carbocycles. The van der Waals surface area contributed by atoms with Gasteiger partial charge in [-0.1, -0.05) is 20.8 Å². The molecule has 1 aliphatic rings. The van der Waals surface area contributed by atoms with Gasteiger partial charge >= 0.3 is 0 Å². The average molecular weight is 296 g/mol. The molecule has 1 aromatic rings. The zero-order chi connectivity index (χ0) is 14.8. The monoisotopic (exact) mass is 296 g/mol. The highest BCUT2D eigenvalue weighted by molar-refractivity contribution is 7.13. The van der Waals surface area contributed by atoms with Crippen molar-refractivity contribution in [3.8, 4) is 0 Å². The molecule has 2 rings (SSSR count). The van der Waals surface area contributed by atoms with Gasteiger partial charge in [-0.3, -0.25) is 4.79 Å². The van der Waals surface area contributed by atoms with Crippen molar-refractivity contribution in [3.05, 3.63) is 16.1 Å². The van der Waals surface area contributed by atoms with Crippen LogP contribution in [0.4, 0.5) is 0 Å². The van der Waals surface area contributed by atoms with Gasteiger partial charge in [0.25, 0.3) is 5.91 Å². The van der Waals surface area contributed by atoms with Gasteiger partial charge in [-0.15, -0.1) is 11.3 Å². The number of hydrogen-bond donors (Lipinski definition) is 0.